The number of carbonyl (C=O) groups excluding carboxylic acids is 2. The highest BCUT2D eigenvalue weighted by Crippen LogP contribution is 2.30. The van der Waals surface area contributed by atoms with Gasteiger partial charge in [0.05, 0.1) is 35.1 Å². The van der Waals surface area contributed by atoms with Crippen LogP contribution in [0.1, 0.15) is 51.4 Å². The third kappa shape index (κ3) is 5.49. The smallest absolute Gasteiger partial charge is 0.330 e. The Morgan fingerprint density at radius 1 is 0.760 bits per heavy atom. The van der Waals surface area contributed by atoms with Crippen molar-refractivity contribution >= 4 is 54.9 Å². The predicted molar refractivity (Wildman–Crippen MR) is 187 cm³/mol. The van der Waals surface area contributed by atoms with E-state index in [-0.39, 0.29) is 23.7 Å². The molecule has 6 aromatic heterocycles. The first-order chi connectivity index (χ1) is 23.6. The zero-order chi connectivity index (χ0) is 36.3. The van der Waals surface area contributed by atoms with Gasteiger partial charge >= 0.3 is 11.4 Å². The molecule has 0 aliphatic rings. The molecule has 0 saturated heterocycles. The van der Waals surface area contributed by atoms with Gasteiger partial charge in [-0.2, -0.15) is 20.4 Å². The van der Waals surface area contributed by atoms with Gasteiger partial charge in [0.15, 0.2) is 0 Å². The lowest BCUT2D eigenvalue weighted by Gasteiger charge is -2.25. The molecule has 0 aliphatic heterocycles. The summed E-state index contributed by atoms with van der Waals surface area (Å²) in [6, 6.07) is 0. The monoisotopic (exact) mass is 722 g/mol. The Labute approximate surface area is 289 Å². The van der Waals surface area contributed by atoms with Crippen molar-refractivity contribution in [2.45, 2.75) is 66.0 Å². The van der Waals surface area contributed by atoms with E-state index < -0.39 is 45.4 Å². The van der Waals surface area contributed by atoms with Gasteiger partial charge in [0.2, 0.25) is 11.8 Å². The number of carbonyl (C=O) groups is 2. The fourth-order valence-electron chi connectivity index (χ4n) is 5.73. The second-order valence-corrected chi connectivity index (χ2v) is 14.5. The molecule has 50 heavy (non-hydrogen) atoms. The number of hydrogen-bond acceptors (Lipinski definition) is 12. The summed E-state index contributed by atoms with van der Waals surface area (Å²) in [4.78, 5) is 88.2. The van der Waals surface area contributed by atoms with Crippen LogP contribution in [0, 0.1) is 13.8 Å². The fraction of sp³-hybridized carbons (Fsp3) is 0.400. The van der Waals surface area contributed by atoms with Crippen molar-refractivity contribution in [3.63, 3.8) is 0 Å². The van der Waals surface area contributed by atoms with Crippen molar-refractivity contribution in [1.82, 2.24) is 59.7 Å². The first-order valence-electron chi connectivity index (χ1n) is 15.5. The number of thiophene rings is 2. The van der Waals surface area contributed by atoms with E-state index in [2.05, 4.69) is 41.0 Å². The molecule has 0 fully saturated rings. The molecule has 0 spiro atoms. The van der Waals surface area contributed by atoms with E-state index in [9.17, 15) is 28.8 Å². The van der Waals surface area contributed by atoms with E-state index in [0.29, 0.717) is 43.0 Å². The molecule has 4 N–H and O–H groups in total. The maximum absolute atomic E-state index is 13.6. The number of hydrogen-bond donors (Lipinski definition) is 4. The Morgan fingerprint density at radius 3 is 1.74 bits per heavy atom. The van der Waals surface area contributed by atoms with Crippen LogP contribution >= 0.6 is 22.7 Å². The second-order valence-electron chi connectivity index (χ2n) is 12.5. The molecule has 0 bridgehead atoms. The zero-order valence-electron chi connectivity index (χ0n) is 28.2. The highest BCUT2D eigenvalue weighted by molar-refractivity contribution is 7.21. The molecular weight excluding hydrogens is 689 g/mol. The van der Waals surface area contributed by atoms with Crippen LogP contribution in [-0.4, -0.2) is 74.0 Å². The molecular formula is C30H34N12O6S2. The molecule has 18 nitrogen and oxygen atoms in total. The highest BCUT2D eigenvalue weighted by Gasteiger charge is 2.35. The highest BCUT2D eigenvalue weighted by atomic mass is 32.1. The van der Waals surface area contributed by atoms with Crippen LogP contribution in [0.2, 0.25) is 0 Å². The minimum atomic E-state index is -1.56. The second kappa shape index (κ2) is 12.4. The van der Waals surface area contributed by atoms with Gasteiger partial charge in [0.25, 0.3) is 11.1 Å². The standard InChI is InChI=1S/C30H34N12O6S2/c1-8-31-25(45)29(4,5)39-22(44)18-15(3)24(50-20(18)37-27(39)47)42-35-13-16(38-42)9-10-32-26(46)30(6,7)40-21(43)17-14(2)23(41-33-11-12-34-41)49-19(17)36-28(40)48/h11-13H,8-10H2,1-7H3,(H,31,45)(H,32,46)(H,36,48)(H,37,47). The van der Waals surface area contributed by atoms with Crippen LogP contribution in [0.25, 0.3) is 30.4 Å². The molecule has 0 aliphatic carbocycles. The number of nitrogens with one attached hydrogen (secondary N) is 4. The molecule has 6 aromatic rings. The first-order valence-corrected chi connectivity index (χ1v) is 17.2. The fourth-order valence-corrected chi connectivity index (χ4v) is 7.94. The molecule has 20 heteroatoms. The van der Waals surface area contributed by atoms with E-state index in [1.807, 2.05) is 0 Å². The van der Waals surface area contributed by atoms with Crippen molar-refractivity contribution in [1.29, 1.82) is 0 Å². The SMILES string of the molecule is CCNC(=O)C(C)(C)n1c(=O)[nH]c2sc(-n3ncc(CCNC(=O)C(C)(C)n4c(=O)[nH]c5sc(-n6nccn6)c(C)c5c4=O)n3)c(C)c2c1=O. The van der Waals surface area contributed by atoms with Crippen molar-refractivity contribution in [2.24, 2.45) is 0 Å². The number of amides is 2. The maximum atomic E-state index is 13.6. The van der Waals surface area contributed by atoms with Crippen LogP contribution in [0.15, 0.2) is 37.8 Å². The summed E-state index contributed by atoms with van der Waals surface area (Å²) >= 11 is 2.28. The predicted octanol–water partition coefficient (Wildman–Crippen LogP) is 0.559. The number of rotatable bonds is 10. The van der Waals surface area contributed by atoms with Crippen LogP contribution < -0.4 is 33.1 Å². The minimum Gasteiger partial charge on any atom is -0.354 e. The van der Waals surface area contributed by atoms with E-state index in [0.717, 1.165) is 31.8 Å². The lowest BCUT2D eigenvalue weighted by Crippen LogP contribution is -2.54. The summed E-state index contributed by atoms with van der Waals surface area (Å²) in [5.74, 6) is -1.03. The quantitative estimate of drug-likeness (QED) is 0.154. The number of nitrogens with zero attached hydrogens (tertiary/aromatic N) is 8. The van der Waals surface area contributed by atoms with E-state index in [1.54, 1.807) is 20.8 Å². The van der Waals surface area contributed by atoms with Gasteiger partial charge in [0, 0.05) is 30.6 Å². The number of fused-ring (bicyclic) bond motifs is 2. The lowest BCUT2D eigenvalue weighted by atomic mass is 10.0. The zero-order valence-corrected chi connectivity index (χ0v) is 29.8. The Bertz CT molecular complexity index is 2540. The summed E-state index contributed by atoms with van der Waals surface area (Å²) in [6.45, 7) is 11.6. The molecule has 262 valence electrons. The molecule has 0 saturated carbocycles. The average Bonchev–Trinajstić information content (AvgIpc) is 3.84. The van der Waals surface area contributed by atoms with Gasteiger partial charge in [-0.25, -0.2) is 18.7 Å². The average molecular weight is 723 g/mol. The molecule has 6 rings (SSSR count). The number of aryl methyl sites for hydroxylation is 2. The summed E-state index contributed by atoms with van der Waals surface area (Å²) < 4.78 is 1.81. The molecule has 0 unspecified atom stereocenters. The van der Waals surface area contributed by atoms with Crippen LogP contribution in [-0.2, 0) is 27.1 Å². The van der Waals surface area contributed by atoms with Gasteiger partial charge in [-0.05, 0) is 48.5 Å². The van der Waals surface area contributed by atoms with Crippen LogP contribution in [0.5, 0.6) is 0 Å². The Morgan fingerprint density at radius 2 is 1.24 bits per heavy atom. The van der Waals surface area contributed by atoms with Gasteiger partial charge in [0.1, 0.15) is 30.7 Å². The van der Waals surface area contributed by atoms with Gasteiger partial charge < -0.3 is 10.6 Å². The number of likely N-dealkylation sites (N-methyl/N-ethyl adjacent to an activating group) is 1. The third-order valence-corrected chi connectivity index (χ3v) is 10.8. The van der Waals surface area contributed by atoms with Gasteiger partial charge in [-0.1, -0.05) is 22.7 Å². The third-order valence-electron chi connectivity index (χ3n) is 8.48. The maximum Gasteiger partial charge on any atom is 0.330 e. The molecule has 6 heterocycles. The van der Waals surface area contributed by atoms with Crippen molar-refractivity contribution in [3.05, 3.63) is 77.1 Å². The number of aromatic amines is 2. The van der Waals surface area contributed by atoms with Crippen molar-refractivity contribution in [2.75, 3.05) is 13.1 Å². The molecule has 0 atom stereocenters. The first kappa shape index (κ1) is 34.4. The minimum absolute atomic E-state index is 0.112. The van der Waals surface area contributed by atoms with E-state index >= 15 is 0 Å². The van der Waals surface area contributed by atoms with Crippen molar-refractivity contribution in [3.8, 4) is 10.0 Å². The molecule has 2 amide bonds. The Kier molecular flexibility index (Phi) is 8.54. The Hall–Kier alpha value is -5.50. The number of aromatic nitrogens is 10. The lowest BCUT2D eigenvalue weighted by molar-refractivity contribution is -0.129. The van der Waals surface area contributed by atoms with Crippen LogP contribution in [0.4, 0.5) is 0 Å². The summed E-state index contributed by atoms with van der Waals surface area (Å²) in [6.07, 6.45) is 4.77. The van der Waals surface area contributed by atoms with Crippen molar-refractivity contribution < 1.29 is 9.59 Å². The van der Waals surface area contributed by atoms with E-state index in [4.69, 9.17) is 0 Å². The molecule has 0 aromatic carbocycles. The summed E-state index contributed by atoms with van der Waals surface area (Å²) in [7, 11) is 0. The largest absolute Gasteiger partial charge is 0.354 e. The summed E-state index contributed by atoms with van der Waals surface area (Å²) in [5.41, 5.74) is -4.07. The summed E-state index contributed by atoms with van der Waals surface area (Å²) in [5, 5.41) is 24.1. The number of H-pyrrole nitrogens is 2. The van der Waals surface area contributed by atoms with Gasteiger partial charge in [-0.15, -0.1) is 9.59 Å². The molecule has 0 radical (unpaired) electrons. The normalized spacial score (nSPS) is 12.2. The van der Waals surface area contributed by atoms with Gasteiger partial charge in [-0.3, -0.25) is 29.1 Å². The Balaban J connectivity index is 1.21. The van der Waals surface area contributed by atoms with Crippen LogP contribution in [0.3, 0.4) is 0 Å². The topological polar surface area (TPSA) is 229 Å². The van der Waals surface area contributed by atoms with E-state index in [1.165, 1.54) is 55.9 Å².